The number of aliphatic carboxylic acids is 1. The third kappa shape index (κ3) is 7.35. The summed E-state index contributed by atoms with van der Waals surface area (Å²) in [6.07, 6.45) is -3.43. The van der Waals surface area contributed by atoms with Crippen molar-refractivity contribution in [2.75, 3.05) is 18.8 Å². The van der Waals surface area contributed by atoms with Gasteiger partial charge in [0.05, 0.1) is 11.8 Å². The molecule has 8 nitrogen and oxygen atoms in total. The molecule has 1 fully saturated rings. The molecule has 1 amide bonds. The highest BCUT2D eigenvalue weighted by atomic mass is 35.5. The van der Waals surface area contributed by atoms with Gasteiger partial charge in [-0.05, 0) is 48.2 Å². The average Bonchev–Trinajstić information content (AvgIpc) is 2.88. The van der Waals surface area contributed by atoms with Gasteiger partial charge >= 0.3 is 12.1 Å². The van der Waals surface area contributed by atoms with E-state index in [4.69, 9.17) is 28.3 Å². The summed E-state index contributed by atoms with van der Waals surface area (Å²) in [5.41, 5.74) is -1.67. The number of likely N-dealkylation sites (tertiary alicyclic amines) is 1. The van der Waals surface area contributed by atoms with Crippen LogP contribution in [0.3, 0.4) is 0 Å². The number of sulfonamides is 1. The maximum atomic E-state index is 14.3. The number of carboxylic acid groups (broad SMARTS) is 1. The van der Waals surface area contributed by atoms with Crippen LogP contribution in [0.25, 0.3) is 0 Å². The monoisotopic (exact) mass is 645 g/mol. The highest BCUT2D eigenvalue weighted by Gasteiger charge is 2.57. The number of amides is 1. The lowest BCUT2D eigenvalue weighted by molar-refractivity contribution is -0.176. The van der Waals surface area contributed by atoms with E-state index in [0.29, 0.717) is 29.2 Å². The van der Waals surface area contributed by atoms with Crippen molar-refractivity contribution >= 4 is 45.1 Å². The SMILES string of the molecule is C[C@H](NC(=O)C1=CC=CC(NS(=O)(=O)CC2CN(C(c3ccc(Cl)cc3)c3ccc(Cl)cc3)C2)(C(F)(F)F)C1)C(=O)O. The van der Waals surface area contributed by atoms with Gasteiger partial charge in [0.1, 0.15) is 6.04 Å². The molecular formula is C28H28Cl2F3N3O5S. The van der Waals surface area contributed by atoms with Gasteiger partial charge in [0.15, 0.2) is 5.54 Å². The molecule has 1 aliphatic carbocycles. The Morgan fingerprint density at radius 3 is 2.05 bits per heavy atom. The van der Waals surface area contributed by atoms with Crippen LogP contribution in [0.15, 0.2) is 72.3 Å². The van der Waals surface area contributed by atoms with E-state index in [-0.39, 0.29) is 6.04 Å². The van der Waals surface area contributed by atoms with Crippen LogP contribution in [0, 0.1) is 5.92 Å². The molecule has 0 aromatic heterocycles. The first kappa shape index (κ1) is 32.0. The van der Waals surface area contributed by atoms with Gasteiger partial charge in [-0.3, -0.25) is 14.5 Å². The number of nitrogens with one attached hydrogen (secondary N) is 2. The molecule has 2 aliphatic rings. The molecule has 1 saturated heterocycles. The summed E-state index contributed by atoms with van der Waals surface area (Å²) in [6.45, 7) is 1.75. The summed E-state index contributed by atoms with van der Waals surface area (Å²) in [6, 6.07) is 12.8. The Bertz CT molecular complexity index is 1450. The van der Waals surface area contributed by atoms with Gasteiger partial charge in [0.2, 0.25) is 15.9 Å². The van der Waals surface area contributed by atoms with Crippen LogP contribution in [0.5, 0.6) is 0 Å². The van der Waals surface area contributed by atoms with Crippen molar-refractivity contribution in [3.8, 4) is 0 Å². The van der Waals surface area contributed by atoms with Crippen molar-refractivity contribution in [1.29, 1.82) is 0 Å². The fourth-order valence-electron chi connectivity index (χ4n) is 5.04. The van der Waals surface area contributed by atoms with E-state index in [1.165, 1.54) is 0 Å². The maximum Gasteiger partial charge on any atom is 0.411 e. The first-order chi connectivity index (χ1) is 19.6. The van der Waals surface area contributed by atoms with E-state index >= 15 is 0 Å². The summed E-state index contributed by atoms with van der Waals surface area (Å²) in [7, 11) is -4.49. The number of rotatable bonds is 10. The molecule has 0 radical (unpaired) electrons. The summed E-state index contributed by atoms with van der Waals surface area (Å²) < 4.78 is 71.0. The number of alkyl halides is 3. The summed E-state index contributed by atoms with van der Waals surface area (Å²) >= 11 is 12.1. The van der Waals surface area contributed by atoms with Crippen LogP contribution in [0.1, 0.15) is 30.5 Å². The number of carbonyl (C=O) groups excluding carboxylic acids is 1. The molecule has 3 N–H and O–H groups in total. The molecule has 226 valence electrons. The van der Waals surface area contributed by atoms with E-state index in [1.54, 1.807) is 29.0 Å². The van der Waals surface area contributed by atoms with E-state index in [2.05, 4.69) is 5.32 Å². The standard InChI is InChI=1S/C28H28Cl2F3N3O5S/c1-17(26(38)39)34-25(37)21-3-2-12-27(13-21,28(31,32)33)35-42(40,41)16-18-14-36(15-18)24(19-4-8-22(29)9-5-19)20-6-10-23(30)11-7-20/h2-12,17-18,24,35H,13-16H2,1H3,(H,34,37)(H,38,39)/t17-,27?/m0/s1. The second kappa shape index (κ2) is 12.4. The normalized spacial score (nSPS) is 20.6. The molecule has 1 aliphatic heterocycles. The minimum absolute atomic E-state index is 0.256. The van der Waals surface area contributed by atoms with E-state index in [9.17, 15) is 31.2 Å². The Morgan fingerprint density at radius 1 is 1.05 bits per heavy atom. The zero-order valence-corrected chi connectivity index (χ0v) is 24.6. The van der Waals surface area contributed by atoms with Crippen molar-refractivity contribution < 1.29 is 36.3 Å². The van der Waals surface area contributed by atoms with Gasteiger partial charge in [-0.2, -0.15) is 17.9 Å². The van der Waals surface area contributed by atoms with Crippen molar-refractivity contribution in [1.82, 2.24) is 14.9 Å². The average molecular weight is 647 g/mol. The van der Waals surface area contributed by atoms with Gasteiger partial charge in [0.25, 0.3) is 0 Å². The first-order valence-corrected chi connectivity index (χ1v) is 15.3. The van der Waals surface area contributed by atoms with Gasteiger partial charge in [-0.15, -0.1) is 0 Å². The Hall–Kier alpha value is -2.90. The van der Waals surface area contributed by atoms with Crippen molar-refractivity contribution in [3.63, 3.8) is 0 Å². The maximum absolute atomic E-state index is 14.3. The number of halogens is 5. The fourth-order valence-corrected chi connectivity index (χ4v) is 7.01. The predicted octanol–water partition coefficient (Wildman–Crippen LogP) is 4.71. The lowest BCUT2D eigenvalue weighted by atomic mass is 9.86. The van der Waals surface area contributed by atoms with Crippen molar-refractivity contribution in [2.24, 2.45) is 5.92 Å². The Kier molecular flexibility index (Phi) is 9.43. The quantitative estimate of drug-likeness (QED) is 0.345. The van der Waals surface area contributed by atoms with Crippen LogP contribution < -0.4 is 10.0 Å². The molecule has 0 spiro atoms. The number of hydrogen-bond acceptors (Lipinski definition) is 5. The number of hydrogen-bond donors (Lipinski definition) is 3. The molecule has 1 unspecified atom stereocenters. The Labute approximate surface area is 251 Å². The van der Waals surface area contributed by atoms with Gasteiger partial charge < -0.3 is 10.4 Å². The molecule has 0 bridgehead atoms. The fraction of sp³-hybridized carbons (Fsp3) is 0.357. The van der Waals surface area contributed by atoms with Gasteiger partial charge in [-0.1, -0.05) is 65.7 Å². The summed E-state index contributed by atoms with van der Waals surface area (Å²) in [5, 5.41) is 12.2. The van der Waals surface area contributed by atoms with Crippen molar-refractivity contribution in [3.05, 3.63) is 93.5 Å². The smallest absolute Gasteiger partial charge is 0.411 e. The minimum atomic E-state index is -5.09. The number of benzene rings is 2. The third-order valence-corrected chi connectivity index (χ3v) is 9.27. The van der Waals surface area contributed by atoms with E-state index in [0.717, 1.165) is 30.2 Å². The molecule has 42 heavy (non-hydrogen) atoms. The Balaban J connectivity index is 1.47. The highest BCUT2D eigenvalue weighted by Crippen LogP contribution is 2.40. The second-order valence-electron chi connectivity index (χ2n) is 10.4. The summed E-state index contributed by atoms with van der Waals surface area (Å²) in [4.78, 5) is 25.5. The third-order valence-electron chi connectivity index (χ3n) is 7.18. The zero-order chi connectivity index (χ0) is 30.9. The zero-order valence-electron chi connectivity index (χ0n) is 22.2. The molecule has 2 atom stereocenters. The molecular weight excluding hydrogens is 618 g/mol. The van der Waals surface area contributed by atoms with Crippen LogP contribution in [-0.2, 0) is 19.6 Å². The lowest BCUT2D eigenvalue weighted by Gasteiger charge is -2.45. The summed E-state index contributed by atoms with van der Waals surface area (Å²) in [5.74, 6) is -3.43. The molecule has 0 saturated carbocycles. The number of nitrogens with zero attached hydrogens (tertiary/aromatic N) is 1. The molecule has 2 aromatic carbocycles. The molecule has 1 heterocycles. The lowest BCUT2D eigenvalue weighted by Crippen LogP contribution is -2.60. The van der Waals surface area contributed by atoms with Crippen LogP contribution in [0.2, 0.25) is 10.0 Å². The van der Waals surface area contributed by atoms with Crippen LogP contribution in [-0.4, -0.2) is 66.9 Å². The van der Waals surface area contributed by atoms with Crippen LogP contribution in [0.4, 0.5) is 13.2 Å². The predicted molar refractivity (Wildman–Crippen MR) is 153 cm³/mol. The molecule has 4 rings (SSSR count). The van der Waals surface area contributed by atoms with E-state index < -0.39 is 63.3 Å². The van der Waals surface area contributed by atoms with Crippen molar-refractivity contribution in [2.45, 2.75) is 37.1 Å². The first-order valence-electron chi connectivity index (χ1n) is 12.8. The second-order valence-corrected chi connectivity index (χ2v) is 13.1. The minimum Gasteiger partial charge on any atom is -0.480 e. The number of carbonyl (C=O) groups is 2. The van der Waals surface area contributed by atoms with Crippen LogP contribution >= 0.6 is 23.2 Å². The number of allylic oxidation sites excluding steroid dienone is 2. The van der Waals surface area contributed by atoms with Gasteiger partial charge in [-0.25, -0.2) is 8.42 Å². The largest absolute Gasteiger partial charge is 0.480 e. The van der Waals surface area contributed by atoms with E-state index in [1.807, 2.05) is 29.2 Å². The molecule has 14 heteroatoms. The topological polar surface area (TPSA) is 116 Å². The van der Waals surface area contributed by atoms with Gasteiger partial charge in [0, 0.05) is 35.1 Å². The highest BCUT2D eigenvalue weighted by molar-refractivity contribution is 7.89. The molecule has 2 aromatic rings. The number of carboxylic acids is 1. The Morgan fingerprint density at radius 2 is 1.57 bits per heavy atom.